The zero-order chi connectivity index (χ0) is 23.3. The molecule has 1 aliphatic heterocycles. The number of carbonyl (C=O) groups excluding carboxylic acids is 4. The van der Waals surface area contributed by atoms with Crippen LogP contribution >= 0.6 is 0 Å². The van der Waals surface area contributed by atoms with Gasteiger partial charge in [0.05, 0.1) is 12.2 Å². The number of urea groups is 1. The highest BCUT2D eigenvalue weighted by molar-refractivity contribution is 6.12. The number of aryl methyl sites for hydroxylation is 1. The summed E-state index contributed by atoms with van der Waals surface area (Å²) in [5.74, 6) is -1.06. The minimum atomic E-state index is -1.25. The Morgan fingerprint density at radius 2 is 1.65 bits per heavy atom. The third kappa shape index (κ3) is 3.80. The average Bonchev–Trinajstić information content (AvgIpc) is 3.09. The van der Waals surface area contributed by atoms with Crippen LogP contribution in [0.3, 0.4) is 0 Å². The SMILES string of the molecule is CC(=O)c1c(C)[nH]c(C(=O)CN2C(=O)NC(C)(c3ccc(C(C)(C)C)cc3)C2=O)c1C. The van der Waals surface area contributed by atoms with E-state index < -0.39 is 29.8 Å². The van der Waals surface area contributed by atoms with Gasteiger partial charge in [-0.15, -0.1) is 0 Å². The number of benzene rings is 1. The van der Waals surface area contributed by atoms with Gasteiger partial charge in [-0.05, 0) is 49.8 Å². The number of aromatic nitrogens is 1. The van der Waals surface area contributed by atoms with Crippen molar-refractivity contribution in [3.8, 4) is 0 Å². The Kier molecular flexibility index (Phi) is 5.42. The first-order chi connectivity index (χ1) is 14.3. The molecule has 2 heterocycles. The lowest BCUT2D eigenvalue weighted by molar-refractivity contribution is -0.130. The molecule has 31 heavy (non-hydrogen) atoms. The third-order valence-electron chi connectivity index (χ3n) is 5.97. The van der Waals surface area contributed by atoms with Crippen molar-refractivity contribution >= 4 is 23.5 Å². The number of Topliss-reactive ketones (excluding diaryl/α,β-unsaturated/α-hetero) is 2. The Morgan fingerprint density at radius 1 is 1.06 bits per heavy atom. The molecule has 1 aliphatic rings. The van der Waals surface area contributed by atoms with E-state index in [4.69, 9.17) is 0 Å². The van der Waals surface area contributed by atoms with Crippen LogP contribution in [0, 0.1) is 13.8 Å². The summed E-state index contributed by atoms with van der Waals surface area (Å²) in [6.07, 6.45) is 0. The van der Waals surface area contributed by atoms with E-state index in [1.54, 1.807) is 20.8 Å². The molecule has 0 bridgehead atoms. The topological polar surface area (TPSA) is 99.3 Å². The molecule has 0 spiro atoms. The van der Waals surface area contributed by atoms with Crippen LogP contribution in [0.4, 0.5) is 4.79 Å². The molecule has 0 saturated carbocycles. The van der Waals surface area contributed by atoms with Crippen molar-refractivity contribution in [1.82, 2.24) is 15.2 Å². The molecule has 1 unspecified atom stereocenters. The standard InChI is InChI=1S/C24H29N3O4/c1-13-19(15(3)28)14(2)25-20(13)18(29)12-27-21(30)24(7,26-22(27)31)17-10-8-16(9-11-17)23(4,5)6/h8-11,25H,12H2,1-7H3,(H,26,31). The van der Waals surface area contributed by atoms with Gasteiger partial charge >= 0.3 is 6.03 Å². The number of amides is 3. The minimum Gasteiger partial charge on any atom is -0.355 e. The number of H-pyrrole nitrogens is 1. The molecule has 7 heteroatoms. The molecular weight excluding hydrogens is 394 g/mol. The fourth-order valence-corrected chi connectivity index (χ4v) is 4.12. The van der Waals surface area contributed by atoms with Crippen LogP contribution in [0.15, 0.2) is 24.3 Å². The fourth-order valence-electron chi connectivity index (χ4n) is 4.12. The molecule has 2 aromatic rings. The molecule has 1 fully saturated rings. The van der Waals surface area contributed by atoms with E-state index in [2.05, 4.69) is 31.1 Å². The average molecular weight is 424 g/mol. The maximum atomic E-state index is 13.2. The molecule has 1 atom stereocenters. The zero-order valence-corrected chi connectivity index (χ0v) is 19.1. The number of hydrogen-bond donors (Lipinski definition) is 2. The van der Waals surface area contributed by atoms with E-state index in [0.717, 1.165) is 10.5 Å². The summed E-state index contributed by atoms with van der Waals surface area (Å²) in [6.45, 7) is 12.4. The minimum absolute atomic E-state index is 0.0361. The summed E-state index contributed by atoms with van der Waals surface area (Å²) in [6, 6.07) is 6.95. The van der Waals surface area contributed by atoms with Crippen LogP contribution in [0.1, 0.15) is 77.8 Å². The van der Waals surface area contributed by atoms with Crippen molar-refractivity contribution in [2.24, 2.45) is 0 Å². The lowest BCUT2D eigenvalue weighted by atomic mass is 9.84. The molecule has 1 aromatic heterocycles. The molecule has 3 amide bonds. The molecule has 0 radical (unpaired) electrons. The van der Waals surface area contributed by atoms with Crippen molar-refractivity contribution in [2.75, 3.05) is 6.54 Å². The summed E-state index contributed by atoms with van der Waals surface area (Å²) in [5.41, 5.74) is 2.31. The highest BCUT2D eigenvalue weighted by Gasteiger charge is 2.49. The predicted octanol–water partition coefficient (Wildman–Crippen LogP) is 3.78. The summed E-state index contributed by atoms with van der Waals surface area (Å²) in [4.78, 5) is 54.4. The first-order valence-electron chi connectivity index (χ1n) is 10.3. The van der Waals surface area contributed by atoms with Crippen molar-refractivity contribution in [3.05, 3.63) is 57.9 Å². The van der Waals surface area contributed by atoms with Crippen LogP contribution < -0.4 is 5.32 Å². The maximum Gasteiger partial charge on any atom is 0.325 e. The zero-order valence-electron chi connectivity index (χ0n) is 19.1. The Hall–Kier alpha value is -3.22. The first kappa shape index (κ1) is 22.5. The normalized spacial score (nSPS) is 19.0. The number of hydrogen-bond acceptors (Lipinski definition) is 4. The van der Waals surface area contributed by atoms with Gasteiger partial charge in [-0.1, -0.05) is 45.0 Å². The van der Waals surface area contributed by atoms with E-state index >= 15 is 0 Å². The Labute approximate surface area is 182 Å². The van der Waals surface area contributed by atoms with Gasteiger partial charge in [0.1, 0.15) is 5.54 Å². The Balaban J connectivity index is 1.86. The Bertz CT molecular complexity index is 1090. The summed E-state index contributed by atoms with van der Waals surface area (Å²) >= 11 is 0. The fraction of sp³-hybridized carbons (Fsp3) is 0.417. The van der Waals surface area contributed by atoms with E-state index in [9.17, 15) is 19.2 Å². The highest BCUT2D eigenvalue weighted by Crippen LogP contribution is 2.31. The molecular formula is C24H29N3O4. The van der Waals surface area contributed by atoms with Crippen LogP contribution in [0.5, 0.6) is 0 Å². The maximum absolute atomic E-state index is 13.2. The number of ketones is 2. The second-order valence-electron chi connectivity index (χ2n) is 9.38. The van der Waals surface area contributed by atoms with Gasteiger partial charge in [0, 0.05) is 11.3 Å². The van der Waals surface area contributed by atoms with Gasteiger partial charge < -0.3 is 10.3 Å². The second kappa shape index (κ2) is 7.48. The van der Waals surface area contributed by atoms with Gasteiger partial charge in [0.2, 0.25) is 0 Å². The smallest absolute Gasteiger partial charge is 0.325 e. The third-order valence-corrected chi connectivity index (χ3v) is 5.97. The van der Waals surface area contributed by atoms with Crippen molar-refractivity contribution in [3.63, 3.8) is 0 Å². The largest absolute Gasteiger partial charge is 0.355 e. The van der Waals surface area contributed by atoms with E-state index in [1.165, 1.54) is 6.92 Å². The monoisotopic (exact) mass is 423 g/mol. The van der Waals surface area contributed by atoms with Crippen LogP contribution in [-0.2, 0) is 15.7 Å². The molecule has 1 aromatic carbocycles. The number of aromatic amines is 1. The Morgan fingerprint density at radius 3 is 2.13 bits per heavy atom. The molecule has 164 valence electrons. The molecule has 0 aliphatic carbocycles. The van der Waals surface area contributed by atoms with E-state index in [1.807, 2.05) is 24.3 Å². The van der Waals surface area contributed by atoms with Gasteiger partial charge in [-0.25, -0.2) is 4.79 Å². The van der Waals surface area contributed by atoms with Crippen molar-refractivity contribution in [2.45, 2.75) is 59.4 Å². The van der Waals surface area contributed by atoms with Gasteiger partial charge in [0.15, 0.2) is 11.6 Å². The summed E-state index contributed by atoms with van der Waals surface area (Å²) in [7, 11) is 0. The van der Waals surface area contributed by atoms with Crippen LogP contribution in [0.2, 0.25) is 0 Å². The number of nitrogens with one attached hydrogen (secondary N) is 2. The highest BCUT2D eigenvalue weighted by atomic mass is 16.2. The molecule has 3 rings (SSSR count). The van der Waals surface area contributed by atoms with E-state index in [-0.39, 0.29) is 16.9 Å². The number of imide groups is 1. The van der Waals surface area contributed by atoms with Crippen LogP contribution in [-0.4, -0.2) is 39.9 Å². The van der Waals surface area contributed by atoms with Gasteiger partial charge in [-0.2, -0.15) is 0 Å². The summed E-state index contributed by atoms with van der Waals surface area (Å²) in [5, 5.41) is 2.73. The molecule has 1 saturated heterocycles. The lowest BCUT2D eigenvalue weighted by Gasteiger charge is -2.24. The van der Waals surface area contributed by atoms with E-state index in [0.29, 0.717) is 22.4 Å². The second-order valence-corrected chi connectivity index (χ2v) is 9.38. The molecule has 2 N–H and O–H groups in total. The number of nitrogens with zero attached hydrogens (tertiary/aromatic N) is 1. The first-order valence-corrected chi connectivity index (χ1v) is 10.3. The molecule has 7 nitrogen and oxygen atoms in total. The quantitative estimate of drug-likeness (QED) is 0.565. The van der Waals surface area contributed by atoms with Crippen molar-refractivity contribution in [1.29, 1.82) is 0 Å². The van der Waals surface area contributed by atoms with Crippen molar-refractivity contribution < 1.29 is 19.2 Å². The lowest BCUT2D eigenvalue weighted by Crippen LogP contribution is -2.41. The van der Waals surface area contributed by atoms with Gasteiger partial charge in [0.25, 0.3) is 5.91 Å². The van der Waals surface area contributed by atoms with Crippen LogP contribution in [0.25, 0.3) is 0 Å². The predicted molar refractivity (Wildman–Crippen MR) is 117 cm³/mol. The number of carbonyl (C=O) groups is 4. The summed E-state index contributed by atoms with van der Waals surface area (Å²) < 4.78 is 0. The van der Waals surface area contributed by atoms with Gasteiger partial charge in [-0.3, -0.25) is 19.3 Å². The number of rotatable bonds is 5.